The van der Waals surface area contributed by atoms with Crippen molar-refractivity contribution in [2.75, 3.05) is 6.61 Å². The normalized spacial score (nSPS) is 21.9. The van der Waals surface area contributed by atoms with E-state index in [0.717, 1.165) is 0 Å². The molecule has 1 N–H and O–H groups in total. The lowest BCUT2D eigenvalue weighted by atomic mass is 9.99. The van der Waals surface area contributed by atoms with E-state index in [1.807, 2.05) is 0 Å². The molecule has 0 bridgehead atoms. The molecule has 0 aliphatic carbocycles. The first-order valence-electron chi connectivity index (χ1n) is 4.95. The minimum Gasteiger partial charge on any atom is -0.373 e. The molecule has 1 aromatic carbocycles. The van der Waals surface area contributed by atoms with E-state index >= 15 is 0 Å². The Balaban J connectivity index is 2.14. The molecule has 0 saturated carbocycles. The number of carbonyl (C=O) groups is 2. The van der Waals surface area contributed by atoms with Crippen LogP contribution < -0.4 is 5.32 Å². The van der Waals surface area contributed by atoms with E-state index < -0.39 is 0 Å². The van der Waals surface area contributed by atoms with Gasteiger partial charge in [0.1, 0.15) is 0 Å². The van der Waals surface area contributed by atoms with E-state index in [-0.39, 0.29) is 17.9 Å². The van der Waals surface area contributed by atoms with E-state index in [4.69, 9.17) is 16.3 Å². The van der Waals surface area contributed by atoms with E-state index in [0.29, 0.717) is 34.7 Å². The van der Waals surface area contributed by atoms with Crippen LogP contribution in [0.5, 0.6) is 0 Å². The fraction of sp³-hybridized carbons (Fsp3) is 0.273. The van der Waals surface area contributed by atoms with Crippen molar-refractivity contribution in [1.29, 1.82) is 0 Å². The highest BCUT2D eigenvalue weighted by molar-refractivity contribution is 6.33. The van der Waals surface area contributed by atoms with Gasteiger partial charge in [0.05, 0.1) is 23.8 Å². The maximum atomic E-state index is 11.6. The second kappa shape index (κ2) is 3.30. The summed E-state index contributed by atoms with van der Waals surface area (Å²) in [4.78, 5) is 23.1. The average molecular weight is 238 g/mol. The molecule has 82 valence electrons. The topological polar surface area (TPSA) is 58.7 Å². The first-order chi connectivity index (χ1) is 7.66. The monoisotopic (exact) mass is 237 g/mol. The minimum atomic E-state index is -0.363. The van der Waals surface area contributed by atoms with Crippen LogP contribution in [0.25, 0.3) is 0 Å². The van der Waals surface area contributed by atoms with Gasteiger partial charge >= 0.3 is 0 Å². The van der Waals surface area contributed by atoms with Gasteiger partial charge in [-0.15, -0.1) is 0 Å². The molecule has 1 atom stereocenters. The SMILES string of the molecule is O=C1NC(=O)c2c1ccc(Cl)c2CC1CO1. The van der Waals surface area contributed by atoms with E-state index in [1.54, 1.807) is 12.1 Å². The van der Waals surface area contributed by atoms with Crippen molar-refractivity contribution < 1.29 is 14.3 Å². The van der Waals surface area contributed by atoms with Gasteiger partial charge in [0, 0.05) is 11.4 Å². The Bertz CT molecular complexity index is 508. The number of imide groups is 1. The summed E-state index contributed by atoms with van der Waals surface area (Å²) in [6.45, 7) is 0.690. The summed E-state index contributed by atoms with van der Waals surface area (Å²) in [7, 11) is 0. The maximum Gasteiger partial charge on any atom is 0.259 e. The summed E-state index contributed by atoms with van der Waals surface area (Å²) in [6.07, 6.45) is 0.718. The highest BCUT2D eigenvalue weighted by Gasteiger charge is 2.33. The van der Waals surface area contributed by atoms with Crippen molar-refractivity contribution in [2.45, 2.75) is 12.5 Å². The average Bonchev–Trinajstić information content (AvgIpc) is 2.99. The third-order valence-corrected chi connectivity index (χ3v) is 3.14. The fourth-order valence-corrected chi connectivity index (χ4v) is 2.15. The van der Waals surface area contributed by atoms with Crippen molar-refractivity contribution in [3.63, 3.8) is 0 Å². The Morgan fingerprint density at radius 3 is 2.81 bits per heavy atom. The molecule has 1 aromatic rings. The van der Waals surface area contributed by atoms with E-state index in [9.17, 15) is 9.59 Å². The molecule has 1 saturated heterocycles. The zero-order valence-corrected chi connectivity index (χ0v) is 9.00. The molecule has 2 heterocycles. The lowest BCUT2D eigenvalue weighted by Gasteiger charge is -2.06. The Kier molecular flexibility index (Phi) is 2.02. The standard InChI is InChI=1S/C11H8ClNO3/c12-8-2-1-6-9(11(15)13-10(6)14)7(8)3-5-4-16-5/h1-2,5H,3-4H2,(H,13,14,15). The number of hydrogen-bond donors (Lipinski definition) is 1. The molecular formula is C11H8ClNO3. The third-order valence-electron chi connectivity index (χ3n) is 2.79. The Hall–Kier alpha value is -1.39. The number of halogens is 1. The molecule has 1 unspecified atom stereocenters. The number of nitrogens with one attached hydrogen (secondary N) is 1. The summed E-state index contributed by atoms with van der Waals surface area (Å²) in [6, 6.07) is 3.23. The van der Waals surface area contributed by atoms with Crippen LogP contribution in [0, 0.1) is 0 Å². The first-order valence-corrected chi connectivity index (χ1v) is 5.33. The minimum absolute atomic E-state index is 0.132. The van der Waals surface area contributed by atoms with Crippen LogP contribution >= 0.6 is 11.6 Å². The maximum absolute atomic E-state index is 11.6. The van der Waals surface area contributed by atoms with Crippen LogP contribution in [0.4, 0.5) is 0 Å². The summed E-state index contributed by atoms with van der Waals surface area (Å²) in [5, 5.41) is 2.78. The number of hydrogen-bond acceptors (Lipinski definition) is 3. The van der Waals surface area contributed by atoms with Crippen molar-refractivity contribution in [2.24, 2.45) is 0 Å². The largest absolute Gasteiger partial charge is 0.373 e. The second-order valence-electron chi connectivity index (χ2n) is 3.89. The molecule has 0 aromatic heterocycles. The van der Waals surface area contributed by atoms with Crippen LogP contribution in [0.1, 0.15) is 26.3 Å². The summed E-state index contributed by atoms with van der Waals surface area (Å²) < 4.78 is 5.11. The zero-order chi connectivity index (χ0) is 11.3. The van der Waals surface area contributed by atoms with Gasteiger partial charge in [0.2, 0.25) is 0 Å². The smallest absolute Gasteiger partial charge is 0.259 e. The second-order valence-corrected chi connectivity index (χ2v) is 4.30. The predicted molar refractivity (Wildman–Crippen MR) is 56.7 cm³/mol. The highest BCUT2D eigenvalue weighted by Crippen LogP contribution is 2.30. The lowest BCUT2D eigenvalue weighted by Crippen LogP contribution is -2.20. The molecule has 1 fully saturated rings. The molecule has 2 amide bonds. The Morgan fingerprint density at radius 2 is 2.12 bits per heavy atom. The zero-order valence-electron chi connectivity index (χ0n) is 8.25. The van der Waals surface area contributed by atoms with Gasteiger partial charge in [-0.05, 0) is 17.7 Å². The molecule has 0 spiro atoms. The van der Waals surface area contributed by atoms with Gasteiger partial charge in [-0.25, -0.2) is 0 Å². The van der Waals surface area contributed by atoms with Crippen molar-refractivity contribution in [1.82, 2.24) is 5.32 Å². The van der Waals surface area contributed by atoms with Crippen molar-refractivity contribution in [3.05, 3.63) is 33.8 Å². The molecule has 4 nitrogen and oxygen atoms in total. The number of epoxide rings is 1. The fourth-order valence-electron chi connectivity index (χ4n) is 1.92. The van der Waals surface area contributed by atoms with Crippen LogP contribution in [0.3, 0.4) is 0 Å². The summed E-state index contributed by atoms with van der Waals surface area (Å²) in [5.41, 5.74) is 1.53. The molecule has 2 aliphatic heterocycles. The molecule has 5 heteroatoms. The number of fused-ring (bicyclic) bond motifs is 1. The lowest BCUT2D eigenvalue weighted by molar-refractivity contribution is 0.0879. The number of ether oxygens (including phenoxy) is 1. The number of amides is 2. The quantitative estimate of drug-likeness (QED) is 0.620. The molecule has 16 heavy (non-hydrogen) atoms. The summed E-state index contributed by atoms with van der Waals surface area (Å²) in [5.74, 6) is -0.715. The molecular weight excluding hydrogens is 230 g/mol. The number of carbonyl (C=O) groups excluding carboxylic acids is 2. The molecule has 2 aliphatic rings. The Labute approximate surface area is 96.5 Å². The molecule has 3 rings (SSSR count). The number of rotatable bonds is 2. The van der Waals surface area contributed by atoms with E-state index in [2.05, 4.69) is 5.32 Å². The number of benzene rings is 1. The van der Waals surface area contributed by atoms with Crippen LogP contribution in [0.2, 0.25) is 5.02 Å². The van der Waals surface area contributed by atoms with Gasteiger partial charge in [0.25, 0.3) is 11.8 Å². The van der Waals surface area contributed by atoms with Gasteiger partial charge < -0.3 is 4.74 Å². The highest BCUT2D eigenvalue weighted by atomic mass is 35.5. The molecule has 0 radical (unpaired) electrons. The van der Waals surface area contributed by atoms with E-state index in [1.165, 1.54) is 0 Å². The third kappa shape index (κ3) is 1.42. The Morgan fingerprint density at radius 1 is 1.38 bits per heavy atom. The van der Waals surface area contributed by atoms with Crippen LogP contribution in [-0.2, 0) is 11.2 Å². The van der Waals surface area contributed by atoms with Crippen LogP contribution in [-0.4, -0.2) is 24.5 Å². The summed E-state index contributed by atoms with van der Waals surface area (Å²) >= 11 is 6.05. The predicted octanol–water partition coefficient (Wildman–Crippen LogP) is 1.16. The van der Waals surface area contributed by atoms with Gasteiger partial charge in [0.15, 0.2) is 0 Å². The van der Waals surface area contributed by atoms with Crippen LogP contribution in [0.15, 0.2) is 12.1 Å². The van der Waals surface area contributed by atoms with Gasteiger partial charge in [-0.3, -0.25) is 14.9 Å². The van der Waals surface area contributed by atoms with Crippen molar-refractivity contribution >= 4 is 23.4 Å². The first kappa shape index (κ1) is 9.81. The van der Waals surface area contributed by atoms with Crippen molar-refractivity contribution in [3.8, 4) is 0 Å². The van der Waals surface area contributed by atoms with Gasteiger partial charge in [-0.1, -0.05) is 11.6 Å². The van der Waals surface area contributed by atoms with Gasteiger partial charge in [-0.2, -0.15) is 0 Å².